The molecular weight excluding hydrogens is 206 g/mol. The summed E-state index contributed by atoms with van der Waals surface area (Å²) < 4.78 is 5.06. The highest BCUT2D eigenvalue weighted by Crippen LogP contribution is 2.15. The van der Waals surface area contributed by atoms with Gasteiger partial charge in [-0.3, -0.25) is 14.6 Å². The zero-order chi connectivity index (χ0) is 12.3. The van der Waals surface area contributed by atoms with Crippen LogP contribution in [0.15, 0.2) is 0 Å². The normalized spacial score (nSPS) is 30.2. The van der Waals surface area contributed by atoms with E-state index in [9.17, 15) is 4.79 Å². The maximum atomic E-state index is 11.4. The first-order chi connectivity index (χ1) is 7.47. The number of rotatable bonds is 4. The first-order valence-electron chi connectivity index (χ1n) is 5.71. The molecule has 94 valence electrons. The first kappa shape index (κ1) is 13.4. The fraction of sp³-hybridized carbons (Fsp3) is 0.909. The zero-order valence-electron chi connectivity index (χ0n) is 10.6. The number of nitrogens with zero attached hydrogens (tertiary/aromatic N) is 2. The number of amides is 1. The van der Waals surface area contributed by atoms with E-state index >= 15 is 0 Å². The van der Waals surface area contributed by atoms with Crippen molar-refractivity contribution in [2.45, 2.75) is 32.0 Å². The van der Waals surface area contributed by atoms with Crippen LogP contribution >= 0.6 is 0 Å². The number of hydrogen-bond donors (Lipinski definition) is 1. The van der Waals surface area contributed by atoms with E-state index in [1.807, 2.05) is 0 Å². The van der Waals surface area contributed by atoms with Crippen LogP contribution in [-0.2, 0) is 9.53 Å². The SMILES string of the molecule is COCC(C(N)=O)N1C[C@H](C)N(C)[C@@H](C)C1. The molecule has 1 unspecified atom stereocenters. The van der Waals surface area contributed by atoms with Crippen molar-refractivity contribution in [2.24, 2.45) is 5.73 Å². The molecule has 0 bridgehead atoms. The summed E-state index contributed by atoms with van der Waals surface area (Å²) in [4.78, 5) is 15.8. The molecule has 2 N–H and O–H groups in total. The molecular formula is C11H23N3O2. The Labute approximate surface area is 97.5 Å². The van der Waals surface area contributed by atoms with Gasteiger partial charge in [0.1, 0.15) is 6.04 Å². The molecule has 16 heavy (non-hydrogen) atoms. The maximum Gasteiger partial charge on any atom is 0.237 e. The fourth-order valence-electron chi connectivity index (χ4n) is 2.23. The third-order valence-corrected chi connectivity index (χ3v) is 3.48. The molecule has 1 aliphatic rings. The van der Waals surface area contributed by atoms with Gasteiger partial charge in [-0.05, 0) is 20.9 Å². The molecule has 0 aliphatic carbocycles. The lowest BCUT2D eigenvalue weighted by Crippen LogP contribution is -2.60. The number of primary amides is 1. The van der Waals surface area contributed by atoms with E-state index in [-0.39, 0.29) is 11.9 Å². The average molecular weight is 229 g/mol. The Morgan fingerprint density at radius 2 is 1.94 bits per heavy atom. The highest BCUT2D eigenvalue weighted by molar-refractivity contribution is 5.80. The van der Waals surface area contributed by atoms with Crippen molar-refractivity contribution in [2.75, 3.05) is 33.9 Å². The van der Waals surface area contributed by atoms with Crippen molar-refractivity contribution in [3.05, 3.63) is 0 Å². The first-order valence-corrected chi connectivity index (χ1v) is 5.71. The Hall–Kier alpha value is -0.650. The molecule has 0 aromatic carbocycles. The molecule has 1 aliphatic heterocycles. The number of ether oxygens (including phenoxy) is 1. The third-order valence-electron chi connectivity index (χ3n) is 3.48. The maximum absolute atomic E-state index is 11.4. The van der Waals surface area contributed by atoms with Crippen molar-refractivity contribution in [3.63, 3.8) is 0 Å². The summed E-state index contributed by atoms with van der Waals surface area (Å²) in [6, 6.07) is 0.563. The summed E-state index contributed by atoms with van der Waals surface area (Å²) in [5.41, 5.74) is 5.40. The number of methoxy groups -OCH3 is 1. The molecule has 1 rings (SSSR count). The Kier molecular flexibility index (Phi) is 4.70. The molecule has 1 heterocycles. The number of piperazine rings is 1. The zero-order valence-corrected chi connectivity index (χ0v) is 10.6. The van der Waals surface area contributed by atoms with Gasteiger partial charge in [0, 0.05) is 32.3 Å². The summed E-state index contributed by atoms with van der Waals surface area (Å²) in [5, 5.41) is 0. The number of nitrogens with two attached hydrogens (primary N) is 1. The Bertz CT molecular complexity index is 235. The van der Waals surface area contributed by atoms with Crippen molar-refractivity contribution in [3.8, 4) is 0 Å². The lowest BCUT2D eigenvalue weighted by molar-refractivity contribution is -0.127. The van der Waals surface area contributed by atoms with E-state index in [0.29, 0.717) is 18.7 Å². The van der Waals surface area contributed by atoms with Crippen molar-refractivity contribution >= 4 is 5.91 Å². The molecule has 0 aromatic rings. The van der Waals surface area contributed by atoms with Crippen LogP contribution in [0.3, 0.4) is 0 Å². The molecule has 1 amide bonds. The largest absolute Gasteiger partial charge is 0.383 e. The second-order valence-electron chi connectivity index (χ2n) is 4.69. The lowest BCUT2D eigenvalue weighted by atomic mass is 10.1. The molecule has 5 nitrogen and oxygen atoms in total. The number of hydrogen-bond acceptors (Lipinski definition) is 4. The van der Waals surface area contributed by atoms with E-state index in [2.05, 4.69) is 30.7 Å². The molecule has 3 atom stereocenters. The minimum atomic E-state index is -0.302. The molecule has 0 aromatic heterocycles. The fourth-order valence-corrected chi connectivity index (χ4v) is 2.23. The number of likely N-dealkylation sites (N-methyl/N-ethyl adjacent to an activating group) is 1. The summed E-state index contributed by atoms with van der Waals surface area (Å²) in [5.74, 6) is -0.300. The van der Waals surface area contributed by atoms with Gasteiger partial charge in [0.05, 0.1) is 6.61 Å². The summed E-state index contributed by atoms with van der Waals surface area (Å²) in [6.45, 7) is 6.41. The van der Waals surface area contributed by atoms with Gasteiger partial charge in [-0.1, -0.05) is 0 Å². The summed E-state index contributed by atoms with van der Waals surface area (Å²) in [6.07, 6.45) is 0. The van der Waals surface area contributed by atoms with E-state index in [0.717, 1.165) is 13.1 Å². The predicted molar refractivity (Wildman–Crippen MR) is 63.1 cm³/mol. The van der Waals surface area contributed by atoms with Gasteiger partial charge in [-0.25, -0.2) is 0 Å². The van der Waals surface area contributed by atoms with Gasteiger partial charge >= 0.3 is 0 Å². The van der Waals surface area contributed by atoms with Crippen LogP contribution in [-0.4, -0.2) is 67.7 Å². The molecule has 5 heteroatoms. The smallest absolute Gasteiger partial charge is 0.237 e. The van der Waals surface area contributed by atoms with Gasteiger partial charge < -0.3 is 10.5 Å². The van der Waals surface area contributed by atoms with E-state index in [1.54, 1.807) is 7.11 Å². The topological polar surface area (TPSA) is 58.8 Å². The van der Waals surface area contributed by atoms with Crippen molar-refractivity contribution in [1.82, 2.24) is 9.80 Å². The summed E-state index contributed by atoms with van der Waals surface area (Å²) >= 11 is 0. The highest BCUT2D eigenvalue weighted by atomic mass is 16.5. The van der Waals surface area contributed by atoms with Crippen LogP contribution in [0.2, 0.25) is 0 Å². The van der Waals surface area contributed by atoms with Gasteiger partial charge in [0.2, 0.25) is 5.91 Å². The Morgan fingerprint density at radius 1 is 1.44 bits per heavy atom. The Balaban J connectivity index is 2.68. The van der Waals surface area contributed by atoms with Crippen LogP contribution in [0.1, 0.15) is 13.8 Å². The minimum Gasteiger partial charge on any atom is -0.383 e. The molecule has 1 saturated heterocycles. The third kappa shape index (κ3) is 2.93. The minimum absolute atomic E-state index is 0.300. The lowest BCUT2D eigenvalue weighted by Gasteiger charge is -2.44. The van der Waals surface area contributed by atoms with E-state index < -0.39 is 0 Å². The predicted octanol–water partition coefficient (Wildman–Crippen LogP) is -0.489. The summed E-state index contributed by atoms with van der Waals surface area (Å²) in [7, 11) is 3.71. The standard InChI is InChI=1S/C11H23N3O2/c1-8-5-14(6-9(2)13(8)3)10(7-16-4)11(12)15/h8-10H,5-7H2,1-4H3,(H2,12,15)/t8-,9-,10?/m0/s1. The number of carbonyl (C=O) groups is 1. The van der Waals surface area contributed by atoms with Gasteiger partial charge in [0.15, 0.2) is 0 Å². The van der Waals surface area contributed by atoms with E-state index in [4.69, 9.17) is 10.5 Å². The van der Waals surface area contributed by atoms with Crippen LogP contribution in [0.4, 0.5) is 0 Å². The molecule has 1 fully saturated rings. The second kappa shape index (κ2) is 5.61. The molecule has 0 saturated carbocycles. The monoisotopic (exact) mass is 229 g/mol. The van der Waals surface area contributed by atoms with Crippen molar-refractivity contribution in [1.29, 1.82) is 0 Å². The number of carbonyl (C=O) groups excluding carboxylic acids is 1. The van der Waals surface area contributed by atoms with Crippen LogP contribution in [0, 0.1) is 0 Å². The van der Waals surface area contributed by atoms with E-state index in [1.165, 1.54) is 0 Å². The van der Waals surface area contributed by atoms with Crippen LogP contribution in [0.5, 0.6) is 0 Å². The average Bonchev–Trinajstić information content (AvgIpc) is 2.21. The van der Waals surface area contributed by atoms with Gasteiger partial charge in [-0.15, -0.1) is 0 Å². The van der Waals surface area contributed by atoms with Gasteiger partial charge in [-0.2, -0.15) is 0 Å². The van der Waals surface area contributed by atoms with Crippen molar-refractivity contribution < 1.29 is 9.53 Å². The van der Waals surface area contributed by atoms with Gasteiger partial charge in [0.25, 0.3) is 0 Å². The molecule has 0 spiro atoms. The molecule has 0 radical (unpaired) electrons. The second-order valence-corrected chi connectivity index (χ2v) is 4.69. The van der Waals surface area contributed by atoms with Crippen LogP contribution < -0.4 is 5.73 Å². The highest BCUT2D eigenvalue weighted by Gasteiger charge is 2.33. The Morgan fingerprint density at radius 3 is 2.31 bits per heavy atom. The van der Waals surface area contributed by atoms with Crippen LogP contribution in [0.25, 0.3) is 0 Å². The quantitative estimate of drug-likeness (QED) is 0.707.